The lowest BCUT2D eigenvalue weighted by molar-refractivity contribution is 0.0703. The summed E-state index contributed by atoms with van der Waals surface area (Å²) in [5.41, 5.74) is 7.33. The second-order valence-electron chi connectivity index (χ2n) is 5.78. The third-order valence-electron chi connectivity index (χ3n) is 4.03. The summed E-state index contributed by atoms with van der Waals surface area (Å²) in [4.78, 5) is 30.8. The van der Waals surface area contributed by atoms with Crippen molar-refractivity contribution < 1.29 is 9.59 Å². The maximum atomic E-state index is 12.6. The molecule has 1 atom stereocenters. The molecule has 2 amide bonds. The molecular weight excluding hydrogens is 294 g/mol. The van der Waals surface area contributed by atoms with E-state index in [0.717, 1.165) is 12.8 Å². The van der Waals surface area contributed by atoms with E-state index in [-0.39, 0.29) is 17.9 Å². The highest BCUT2D eigenvalue weighted by Gasteiger charge is 2.24. The van der Waals surface area contributed by atoms with Gasteiger partial charge in [0.05, 0.1) is 0 Å². The number of amides is 2. The molecule has 122 valence electrons. The van der Waals surface area contributed by atoms with E-state index in [4.69, 9.17) is 5.73 Å². The molecule has 0 saturated carbocycles. The molecule has 2 aromatic heterocycles. The monoisotopic (exact) mass is 315 g/mol. The molecule has 1 unspecified atom stereocenters. The fourth-order valence-electron chi connectivity index (χ4n) is 2.91. The Balaban J connectivity index is 1.92. The van der Waals surface area contributed by atoms with Gasteiger partial charge in [0.15, 0.2) is 0 Å². The topological polar surface area (TPSA) is 92.7 Å². The van der Waals surface area contributed by atoms with Crippen LogP contribution in [-0.4, -0.2) is 51.8 Å². The van der Waals surface area contributed by atoms with E-state index >= 15 is 0 Å². The van der Waals surface area contributed by atoms with Crippen molar-refractivity contribution in [1.29, 1.82) is 0 Å². The average Bonchev–Trinajstić information content (AvgIpc) is 2.98. The molecule has 7 nitrogen and oxygen atoms in total. The molecule has 1 aliphatic rings. The second-order valence-corrected chi connectivity index (χ2v) is 5.78. The van der Waals surface area contributed by atoms with Gasteiger partial charge in [-0.05, 0) is 31.9 Å². The first kappa shape index (κ1) is 15.5. The fourth-order valence-corrected chi connectivity index (χ4v) is 2.91. The smallest absolute Gasteiger partial charge is 0.274 e. The molecule has 3 heterocycles. The van der Waals surface area contributed by atoms with Crippen LogP contribution >= 0.6 is 0 Å². The lowest BCUT2D eigenvalue weighted by Crippen LogP contribution is -2.45. The predicted molar refractivity (Wildman–Crippen MR) is 86.3 cm³/mol. The molecule has 7 heteroatoms. The Hall–Kier alpha value is -2.41. The molecule has 23 heavy (non-hydrogen) atoms. The first-order valence-corrected chi connectivity index (χ1v) is 7.91. The van der Waals surface area contributed by atoms with E-state index in [9.17, 15) is 9.59 Å². The Kier molecular flexibility index (Phi) is 4.29. The Morgan fingerprint density at radius 3 is 3.00 bits per heavy atom. The van der Waals surface area contributed by atoms with Gasteiger partial charge in [-0.3, -0.25) is 14.0 Å². The maximum absolute atomic E-state index is 12.6. The number of nitrogens with one attached hydrogen (secondary N) is 1. The van der Waals surface area contributed by atoms with Gasteiger partial charge >= 0.3 is 0 Å². The lowest BCUT2D eigenvalue weighted by Gasteiger charge is -2.30. The van der Waals surface area contributed by atoms with Crippen molar-refractivity contribution in [1.82, 2.24) is 19.6 Å². The summed E-state index contributed by atoms with van der Waals surface area (Å²) in [5, 5.41) is 2.76. The molecule has 0 radical (unpaired) electrons. The van der Waals surface area contributed by atoms with E-state index < -0.39 is 0 Å². The first-order chi connectivity index (χ1) is 11.1. The predicted octanol–water partition coefficient (Wildman–Crippen LogP) is 0.647. The zero-order chi connectivity index (χ0) is 16.4. The molecular formula is C16H21N5O2. The number of nitrogens with zero attached hydrogens (tertiary/aromatic N) is 3. The average molecular weight is 315 g/mol. The number of likely N-dealkylation sites (tertiary alicyclic amines) is 1. The van der Waals surface area contributed by atoms with Crippen molar-refractivity contribution in [2.45, 2.75) is 25.8 Å². The molecule has 1 saturated heterocycles. The van der Waals surface area contributed by atoms with Crippen molar-refractivity contribution in [2.24, 2.45) is 5.73 Å². The molecule has 3 rings (SSSR count). The number of carbonyl (C=O) groups is 2. The molecule has 0 aromatic carbocycles. The van der Waals surface area contributed by atoms with E-state index in [1.165, 1.54) is 0 Å². The van der Waals surface area contributed by atoms with Crippen molar-refractivity contribution >= 4 is 17.5 Å². The van der Waals surface area contributed by atoms with Crippen molar-refractivity contribution in [2.75, 3.05) is 19.6 Å². The molecule has 0 spiro atoms. The highest BCUT2D eigenvalue weighted by Crippen LogP contribution is 2.15. The van der Waals surface area contributed by atoms with Crippen LogP contribution in [0.25, 0.3) is 5.65 Å². The van der Waals surface area contributed by atoms with Crippen LogP contribution in [0.2, 0.25) is 0 Å². The highest BCUT2D eigenvalue weighted by molar-refractivity contribution is 5.95. The SMILES string of the molecule is CCNC(=O)c1cccc2nc(C(=O)N3CCCC(N)C3)cn12. The van der Waals surface area contributed by atoms with Gasteiger partial charge in [-0.2, -0.15) is 0 Å². The van der Waals surface area contributed by atoms with Crippen molar-refractivity contribution in [3.05, 3.63) is 35.8 Å². The van der Waals surface area contributed by atoms with Gasteiger partial charge in [0.25, 0.3) is 11.8 Å². The Bertz CT molecular complexity index is 739. The minimum absolute atomic E-state index is 0.0237. The normalized spacial score (nSPS) is 18.2. The molecule has 0 aliphatic carbocycles. The van der Waals surface area contributed by atoms with Gasteiger partial charge in [0.2, 0.25) is 0 Å². The van der Waals surface area contributed by atoms with Crippen LogP contribution in [0.15, 0.2) is 24.4 Å². The van der Waals surface area contributed by atoms with E-state index in [1.807, 2.05) is 6.92 Å². The summed E-state index contributed by atoms with van der Waals surface area (Å²) >= 11 is 0. The summed E-state index contributed by atoms with van der Waals surface area (Å²) in [5.74, 6) is -0.319. The van der Waals surface area contributed by atoms with Crippen LogP contribution in [0.1, 0.15) is 40.7 Å². The van der Waals surface area contributed by atoms with Crippen LogP contribution < -0.4 is 11.1 Å². The first-order valence-electron chi connectivity index (χ1n) is 7.91. The van der Waals surface area contributed by atoms with E-state index in [0.29, 0.717) is 36.7 Å². The molecule has 3 N–H and O–H groups in total. The summed E-state index contributed by atoms with van der Waals surface area (Å²) < 4.78 is 1.65. The zero-order valence-corrected chi connectivity index (χ0v) is 13.2. The maximum Gasteiger partial charge on any atom is 0.274 e. The number of hydrogen-bond donors (Lipinski definition) is 2. The summed E-state index contributed by atoms with van der Waals surface area (Å²) in [6, 6.07) is 5.28. The van der Waals surface area contributed by atoms with Gasteiger partial charge in [-0.1, -0.05) is 6.07 Å². The highest BCUT2D eigenvalue weighted by atomic mass is 16.2. The summed E-state index contributed by atoms with van der Waals surface area (Å²) in [6.07, 6.45) is 3.48. The minimum atomic E-state index is -0.186. The standard InChI is InChI=1S/C16H21N5O2/c1-2-18-15(22)13-6-3-7-14-19-12(10-21(13)14)16(23)20-8-4-5-11(17)9-20/h3,6-7,10-11H,2,4-5,8-9,17H2,1H3,(H,18,22). The van der Waals surface area contributed by atoms with Gasteiger partial charge < -0.3 is 16.0 Å². The number of imidazole rings is 1. The Morgan fingerprint density at radius 2 is 2.26 bits per heavy atom. The Morgan fingerprint density at radius 1 is 1.43 bits per heavy atom. The van der Waals surface area contributed by atoms with Crippen LogP contribution in [0, 0.1) is 0 Å². The molecule has 1 fully saturated rings. The number of pyridine rings is 1. The van der Waals surface area contributed by atoms with E-state index in [1.54, 1.807) is 33.7 Å². The number of nitrogens with two attached hydrogens (primary N) is 1. The van der Waals surface area contributed by atoms with E-state index in [2.05, 4.69) is 10.3 Å². The van der Waals surface area contributed by atoms with Crippen LogP contribution in [-0.2, 0) is 0 Å². The lowest BCUT2D eigenvalue weighted by atomic mass is 10.1. The molecule has 1 aliphatic heterocycles. The molecule has 0 bridgehead atoms. The number of piperidine rings is 1. The van der Waals surface area contributed by atoms with Crippen LogP contribution in [0.4, 0.5) is 0 Å². The number of rotatable bonds is 3. The van der Waals surface area contributed by atoms with Gasteiger partial charge in [-0.25, -0.2) is 4.98 Å². The fraction of sp³-hybridized carbons (Fsp3) is 0.438. The van der Waals surface area contributed by atoms with Crippen LogP contribution in [0.3, 0.4) is 0 Å². The van der Waals surface area contributed by atoms with Crippen molar-refractivity contribution in [3.8, 4) is 0 Å². The van der Waals surface area contributed by atoms with Crippen molar-refractivity contribution in [3.63, 3.8) is 0 Å². The number of carbonyl (C=O) groups excluding carboxylic acids is 2. The van der Waals surface area contributed by atoms with Gasteiger partial charge in [-0.15, -0.1) is 0 Å². The largest absolute Gasteiger partial charge is 0.351 e. The minimum Gasteiger partial charge on any atom is -0.351 e. The van der Waals surface area contributed by atoms with Gasteiger partial charge in [0.1, 0.15) is 17.0 Å². The quantitative estimate of drug-likeness (QED) is 0.869. The Labute approximate surface area is 134 Å². The molecule has 2 aromatic rings. The zero-order valence-electron chi connectivity index (χ0n) is 13.2. The number of hydrogen-bond acceptors (Lipinski definition) is 4. The third-order valence-corrected chi connectivity index (χ3v) is 4.03. The van der Waals surface area contributed by atoms with Gasteiger partial charge in [0, 0.05) is 31.9 Å². The second kappa shape index (κ2) is 6.37. The van der Waals surface area contributed by atoms with Crippen LogP contribution in [0.5, 0.6) is 0 Å². The number of fused-ring (bicyclic) bond motifs is 1. The summed E-state index contributed by atoms with van der Waals surface area (Å²) in [7, 11) is 0. The number of aromatic nitrogens is 2. The summed E-state index contributed by atoms with van der Waals surface area (Å²) in [6.45, 7) is 3.65. The third kappa shape index (κ3) is 3.05.